The highest BCUT2D eigenvalue weighted by atomic mass is 16.2. The summed E-state index contributed by atoms with van der Waals surface area (Å²) in [5.41, 5.74) is 2.83. The molecule has 1 aromatic heterocycles. The molecule has 148 valence electrons. The van der Waals surface area contributed by atoms with Gasteiger partial charge in [0.2, 0.25) is 0 Å². The monoisotopic (exact) mass is 380 g/mol. The molecule has 0 spiro atoms. The summed E-state index contributed by atoms with van der Waals surface area (Å²) in [6.45, 7) is 10.7. The molecule has 0 aliphatic carbocycles. The lowest BCUT2D eigenvalue weighted by molar-refractivity contribution is 0.0746. The molecule has 0 saturated carbocycles. The van der Waals surface area contributed by atoms with E-state index in [0.29, 0.717) is 18.7 Å². The van der Waals surface area contributed by atoms with Crippen molar-refractivity contribution in [1.29, 1.82) is 0 Å². The number of rotatable bonds is 3. The van der Waals surface area contributed by atoms with Crippen LogP contribution in [-0.2, 0) is 0 Å². The second-order valence-electron chi connectivity index (χ2n) is 8.25. The highest BCUT2D eigenvalue weighted by Gasteiger charge is 2.24. The Hall–Kier alpha value is -2.89. The average Bonchev–Trinajstić information content (AvgIpc) is 2.66. The lowest BCUT2D eigenvalue weighted by atomic mass is 10.1. The van der Waals surface area contributed by atoms with Gasteiger partial charge in [0.25, 0.3) is 11.8 Å². The average molecular weight is 380 g/mol. The zero-order valence-corrected chi connectivity index (χ0v) is 17.0. The van der Waals surface area contributed by atoms with Gasteiger partial charge in [0.05, 0.1) is 0 Å². The SMILES string of the molecule is Cc1cccc(N2CCN(C(=O)c3ccnc(C(=O)NC(C)(C)C)c3)CC2)c1. The van der Waals surface area contributed by atoms with Gasteiger partial charge in [0, 0.05) is 49.2 Å². The summed E-state index contributed by atoms with van der Waals surface area (Å²) in [5.74, 6) is -0.331. The first kappa shape index (κ1) is 19.9. The number of aromatic nitrogens is 1. The van der Waals surface area contributed by atoms with E-state index < -0.39 is 0 Å². The lowest BCUT2D eigenvalue weighted by Gasteiger charge is -2.36. The zero-order chi connectivity index (χ0) is 20.3. The quantitative estimate of drug-likeness (QED) is 0.889. The van der Waals surface area contributed by atoms with Crippen LogP contribution in [-0.4, -0.2) is 53.4 Å². The normalized spacial score (nSPS) is 14.7. The summed E-state index contributed by atoms with van der Waals surface area (Å²) >= 11 is 0. The molecule has 0 bridgehead atoms. The fraction of sp³-hybridized carbons (Fsp3) is 0.409. The Morgan fingerprint density at radius 3 is 2.39 bits per heavy atom. The van der Waals surface area contributed by atoms with E-state index in [1.54, 1.807) is 12.1 Å². The Balaban J connectivity index is 1.65. The molecule has 6 heteroatoms. The van der Waals surface area contributed by atoms with Gasteiger partial charge < -0.3 is 15.1 Å². The van der Waals surface area contributed by atoms with Crippen molar-refractivity contribution in [3.63, 3.8) is 0 Å². The number of amides is 2. The first-order valence-electron chi connectivity index (χ1n) is 9.62. The number of pyridine rings is 1. The van der Waals surface area contributed by atoms with Gasteiger partial charge in [-0.25, -0.2) is 0 Å². The van der Waals surface area contributed by atoms with Crippen LogP contribution >= 0.6 is 0 Å². The van der Waals surface area contributed by atoms with Crippen LogP contribution < -0.4 is 10.2 Å². The van der Waals surface area contributed by atoms with Crippen LogP contribution in [0.5, 0.6) is 0 Å². The van der Waals surface area contributed by atoms with E-state index in [2.05, 4.69) is 46.4 Å². The maximum Gasteiger partial charge on any atom is 0.270 e. The summed E-state index contributed by atoms with van der Waals surface area (Å²) in [6.07, 6.45) is 1.52. The van der Waals surface area contributed by atoms with E-state index in [-0.39, 0.29) is 23.0 Å². The number of aryl methyl sites for hydroxylation is 1. The van der Waals surface area contributed by atoms with Gasteiger partial charge in [-0.05, 0) is 57.5 Å². The van der Waals surface area contributed by atoms with Crippen LogP contribution in [0.4, 0.5) is 5.69 Å². The number of nitrogens with one attached hydrogen (secondary N) is 1. The Labute approximate surface area is 166 Å². The van der Waals surface area contributed by atoms with Gasteiger partial charge in [-0.1, -0.05) is 12.1 Å². The van der Waals surface area contributed by atoms with Crippen molar-refractivity contribution in [2.45, 2.75) is 33.2 Å². The van der Waals surface area contributed by atoms with Crippen LogP contribution in [0.25, 0.3) is 0 Å². The van der Waals surface area contributed by atoms with E-state index in [0.717, 1.165) is 13.1 Å². The standard InChI is InChI=1S/C22H28N4O2/c1-16-6-5-7-18(14-16)25-10-12-26(13-11-25)21(28)17-8-9-23-19(15-17)20(27)24-22(2,3)4/h5-9,14-15H,10-13H2,1-4H3,(H,24,27). The van der Waals surface area contributed by atoms with Crippen molar-refractivity contribution in [1.82, 2.24) is 15.2 Å². The van der Waals surface area contributed by atoms with E-state index in [4.69, 9.17) is 0 Å². The number of carbonyl (C=O) groups is 2. The van der Waals surface area contributed by atoms with Gasteiger partial charge >= 0.3 is 0 Å². The van der Waals surface area contributed by atoms with Crippen LogP contribution in [0.1, 0.15) is 47.2 Å². The van der Waals surface area contributed by atoms with E-state index >= 15 is 0 Å². The van der Waals surface area contributed by atoms with Crippen molar-refractivity contribution in [3.8, 4) is 0 Å². The topological polar surface area (TPSA) is 65.5 Å². The molecule has 1 aromatic carbocycles. The van der Waals surface area contributed by atoms with Gasteiger partial charge in [-0.15, -0.1) is 0 Å². The van der Waals surface area contributed by atoms with Crippen molar-refractivity contribution < 1.29 is 9.59 Å². The molecule has 2 heterocycles. The van der Waals surface area contributed by atoms with E-state index in [1.807, 2.05) is 25.7 Å². The number of hydrogen-bond acceptors (Lipinski definition) is 4. The Morgan fingerprint density at radius 2 is 1.75 bits per heavy atom. The van der Waals surface area contributed by atoms with Gasteiger partial charge in [0.1, 0.15) is 5.69 Å². The summed E-state index contributed by atoms with van der Waals surface area (Å²) in [4.78, 5) is 33.5. The first-order chi connectivity index (χ1) is 13.2. The molecule has 1 aliphatic rings. The lowest BCUT2D eigenvalue weighted by Crippen LogP contribution is -2.48. The molecule has 2 aromatic rings. The molecule has 0 atom stereocenters. The minimum Gasteiger partial charge on any atom is -0.368 e. The number of carbonyl (C=O) groups excluding carboxylic acids is 2. The molecule has 6 nitrogen and oxygen atoms in total. The molecule has 28 heavy (non-hydrogen) atoms. The minimum absolute atomic E-state index is 0.0592. The molecule has 1 fully saturated rings. The molecule has 3 rings (SSSR count). The first-order valence-corrected chi connectivity index (χ1v) is 9.62. The number of anilines is 1. The fourth-order valence-corrected chi connectivity index (χ4v) is 3.27. The smallest absolute Gasteiger partial charge is 0.270 e. The molecule has 0 radical (unpaired) electrons. The maximum absolute atomic E-state index is 12.9. The zero-order valence-electron chi connectivity index (χ0n) is 17.0. The summed E-state index contributed by atoms with van der Waals surface area (Å²) in [5, 5.41) is 2.88. The number of hydrogen-bond donors (Lipinski definition) is 1. The van der Waals surface area contributed by atoms with E-state index in [1.165, 1.54) is 17.4 Å². The van der Waals surface area contributed by atoms with Crippen molar-refractivity contribution in [2.24, 2.45) is 0 Å². The van der Waals surface area contributed by atoms with Crippen molar-refractivity contribution >= 4 is 17.5 Å². The second-order valence-corrected chi connectivity index (χ2v) is 8.25. The predicted octanol–water partition coefficient (Wildman–Crippen LogP) is 2.88. The Bertz CT molecular complexity index is 865. The Morgan fingerprint density at radius 1 is 1.04 bits per heavy atom. The minimum atomic E-state index is -0.356. The molecule has 1 saturated heterocycles. The third kappa shape index (κ3) is 4.88. The van der Waals surface area contributed by atoms with Crippen molar-refractivity contribution in [3.05, 3.63) is 59.4 Å². The fourth-order valence-electron chi connectivity index (χ4n) is 3.27. The van der Waals surface area contributed by atoms with Gasteiger partial charge in [-0.2, -0.15) is 0 Å². The molecule has 1 aliphatic heterocycles. The molecular weight excluding hydrogens is 352 g/mol. The third-order valence-corrected chi connectivity index (χ3v) is 4.66. The maximum atomic E-state index is 12.9. The predicted molar refractivity (Wildman–Crippen MR) is 111 cm³/mol. The van der Waals surface area contributed by atoms with Gasteiger partial charge in [0.15, 0.2) is 0 Å². The largest absolute Gasteiger partial charge is 0.368 e. The van der Waals surface area contributed by atoms with Crippen LogP contribution in [0.3, 0.4) is 0 Å². The van der Waals surface area contributed by atoms with Crippen LogP contribution in [0.2, 0.25) is 0 Å². The van der Waals surface area contributed by atoms with Crippen LogP contribution in [0, 0.1) is 6.92 Å². The van der Waals surface area contributed by atoms with Crippen LogP contribution in [0.15, 0.2) is 42.6 Å². The van der Waals surface area contributed by atoms with Gasteiger partial charge in [-0.3, -0.25) is 14.6 Å². The molecule has 1 N–H and O–H groups in total. The Kier molecular flexibility index (Phi) is 5.68. The molecule has 0 unspecified atom stereocenters. The third-order valence-electron chi connectivity index (χ3n) is 4.66. The van der Waals surface area contributed by atoms with Crippen molar-refractivity contribution in [2.75, 3.05) is 31.1 Å². The molecule has 2 amide bonds. The number of piperazine rings is 1. The second kappa shape index (κ2) is 8.00. The summed E-state index contributed by atoms with van der Waals surface area (Å²) < 4.78 is 0. The van der Waals surface area contributed by atoms with E-state index in [9.17, 15) is 9.59 Å². The number of nitrogens with zero attached hydrogens (tertiary/aromatic N) is 3. The highest BCUT2D eigenvalue weighted by molar-refractivity contribution is 5.98. The summed E-state index contributed by atoms with van der Waals surface area (Å²) in [6, 6.07) is 11.7. The summed E-state index contributed by atoms with van der Waals surface area (Å²) in [7, 11) is 0. The highest BCUT2D eigenvalue weighted by Crippen LogP contribution is 2.19. The molecular formula is C22H28N4O2. The number of benzene rings is 1.